The molecule has 4 aromatic rings. The standard InChI is InChI=1S/C31H27NO4/c1-2-35-25-19-17-22(18-20-25)27(33)21-32(24-13-7-4-8-14-24)29-26-15-9-10-16-28(26)36-31(29)30(34)23-11-5-3-6-12-23/h3-20,29,31H,2,21H2,1H3. The maximum Gasteiger partial charge on any atom is 0.205 e. The van der Waals surface area contributed by atoms with Gasteiger partial charge >= 0.3 is 0 Å². The Morgan fingerprint density at radius 1 is 0.778 bits per heavy atom. The van der Waals surface area contributed by atoms with Crippen LogP contribution in [0.5, 0.6) is 11.5 Å². The molecule has 5 nitrogen and oxygen atoms in total. The molecule has 0 spiro atoms. The first kappa shape index (κ1) is 23.4. The Labute approximate surface area is 210 Å². The van der Waals surface area contributed by atoms with Gasteiger partial charge in [-0.1, -0.05) is 66.7 Å². The van der Waals surface area contributed by atoms with Gasteiger partial charge in [-0.2, -0.15) is 0 Å². The van der Waals surface area contributed by atoms with E-state index in [1.165, 1.54) is 0 Å². The number of benzene rings is 4. The number of nitrogens with zero attached hydrogens (tertiary/aromatic N) is 1. The molecule has 0 aliphatic carbocycles. The van der Waals surface area contributed by atoms with Crippen molar-refractivity contribution in [1.29, 1.82) is 0 Å². The van der Waals surface area contributed by atoms with Crippen LogP contribution in [0, 0.1) is 0 Å². The van der Waals surface area contributed by atoms with Gasteiger partial charge in [0, 0.05) is 22.4 Å². The number of ketones is 2. The van der Waals surface area contributed by atoms with E-state index in [4.69, 9.17) is 9.47 Å². The molecule has 0 N–H and O–H groups in total. The number of rotatable bonds is 9. The summed E-state index contributed by atoms with van der Waals surface area (Å²) in [6, 6.07) is 33.2. The highest BCUT2D eigenvalue weighted by Gasteiger charge is 2.43. The summed E-state index contributed by atoms with van der Waals surface area (Å²) in [6.07, 6.45) is -0.793. The van der Waals surface area contributed by atoms with Crippen LogP contribution in [0.3, 0.4) is 0 Å². The van der Waals surface area contributed by atoms with Crippen molar-refractivity contribution in [1.82, 2.24) is 0 Å². The maximum atomic E-state index is 13.7. The number of anilines is 1. The molecule has 1 aliphatic rings. The molecule has 180 valence electrons. The molecule has 0 saturated heterocycles. The summed E-state index contributed by atoms with van der Waals surface area (Å²) in [5.41, 5.74) is 2.88. The Morgan fingerprint density at radius 2 is 1.42 bits per heavy atom. The summed E-state index contributed by atoms with van der Waals surface area (Å²) in [5.74, 6) is 1.20. The minimum Gasteiger partial charge on any atom is -0.494 e. The highest BCUT2D eigenvalue weighted by Crippen LogP contribution is 2.43. The van der Waals surface area contributed by atoms with Gasteiger partial charge in [0.15, 0.2) is 11.9 Å². The molecular weight excluding hydrogens is 450 g/mol. The van der Waals surface area contributed by atoms with Crippen LogP contribution in [0.15, 0.2) is 109 Å². The van der Waals surface area contributed by atoms with E-state index in [0.29, 0.717) is 23.5 Å². The first-order valence-electron chi connectivity index (χ1n) is 12.1. The second-order valence-corrected chi connectivity index (χ2v) is 8.60. The van der Waals surface area contributed by atoms with Gasteiger partial charge in [0.05, 0.1) is 13.2 Å². The van der Waals surface area contributed by atoms with Crippen molar-refractivity contribution in [3.63, 3.8) is 0 Å². The summed E-state index contributed by atoms with van der Waals surface area (Å²) < 4.78 is 11.8. The number of ether oxygens (including phenoxy) is 2. The normalized spacial score (nSPS) is 16.0. The lowest BCUT2D eigenvalue weighted by Crippen LogP contribution is -2.42. The third kappa shape index (κ3) is 4.73. The molecule has 0 saturated carbocycles. The van der Waals surface area contributed by atoms with Gasteiger partial charge in [-0.25, -0.2) is 0 Å². The summed E-state index contributed by atoms with van der Waals surface area (Å²) in [5, 5.41) is 0. The molecule has 1 aliphatic heterocycles. The number of hydrogen-bond acceptors (Lipinski definition) is 5. The lowest BCUT2D eigenvalue weighted by Gasteiger charge is -2.33. The van der Waals surface area contributed by atoms with Crippen molar-refractivity contribution in [2.24, 2.45) is 0 Å². The lowest BCUT2D eigenvalue weighted by atomic mass is 9.94. The fourth-order valence-corrected chi connectivity index (χ4v) is 4.61. The van der Waals surface area contributed by atoms with Crippen LogP contribution in [-0.4, -0.2) is 30.8 Å². The molecule has 36 heavy (non-hydrogen) atoms. The first-order valence-corrected chi connectivity index (χ1v) is 12.1. The monoisotopic (exact) mass is 477 g/mol. The minimum absolute atomic E-state index is 0.0582. The SMILES string of the molecule is CCOc1ccc(C(=O)CN(c2ccccc2)C2c3ccccc3OC2C(=O)c2ccccc2)cc1. The van der Waals surface area contributed by atoms with Crippen LogP contribution < -0.4 is 14.4 Å². The second kappa shape index (κ2) is 10.5. The van der Waals surface area contributed by atoms with E-state index in [1.807, 2.05) is 84.6 Å². The van der Waals surface area contributed by atoms with E-state index in [0.717, 1.165) is 17.0 Å². The molecule has 4 aromatic carbocycles. The van der Waals surface area contributed by atoms with Crippen molar-refractivity contribution in [2.75, 3.05) is 18.1 Å². The maximum absolute atomic E-state index is 13.7. The van der Waals surface area contributed by atoms with E-state index in [-0.39, 0.29) is 18.1 Å². The predicted octanol–water partition coefficient (Wildman–Crippen LogP) is 6.16. The third-order valence-electron chi connectivity index (χ3n) is 6.32. The molecule has 0 radical (unpaired) electrons. The fraction of sp³-hybridized carbons (Fsp3) is 0.161. The number of fused-ring (bicyclic) bond motifs is 1. The molecule has 0 amide bonds. The molecular formula is C31H27NO4. The van der Waals surface area contributed by atoms with Crippen LogP contribution in [0.25, 0.3) is 0 Å². The van der Waals surface area contributed by atoms with Gasteiger partial charge in [0.2, 0.25) is 5.78 Å². The Hall–Kier alpha value is -4.38. The van der Waals surface area contributed by atoms with Gasteiger partial charge < -0.3 is 14.4 Å². The second-order valence-electron chi connectivity index (χ2n) is 8.60. The fourth-order valence-electron chi connectivity index (χ4n) is 4.61. The molecule has 5 rings (SSSR count). The lowest BCUT2D eigenvalue weighted by molar-refractivity contribution is 0.0784. The Bertz CT molecular complexity index is 1340. The third-order valence-corrected chi connectivity index (χ3v) is 6.32. The van der Waals surface area contributed by atoms with Crippen molar-refractivity contribution in [3.05, 3.63) is 126 Å². The van der Waals surface area contributed by atoms with Crippen LogP contribution in [-0.2, 0) is 0 Å². The molecule has 0 bridgehead atoms. The average molecular weight is 478 g/mol. The van der Waals surface area contributed by atoms with Crippen molar-refractivity contribution >= 4 is 17.3 Å². The number of carbonyl (C=O) groups excluding carboxylic acids is 2. The van der Waals surface area contributed by atoms with E-state index < -0.39 is 12.1 Å². The summed E-state index contributed by atoms with van der Waals surface area (Å²) >= 11 is 0. The predicted molar refractivity (Wildman–Crippen MR) is 140 cm³/mol. The zero-order valence-electron chi connectivity index (χ0n) is 20.0. The smallest absolute Gasteiger partial charge is 0.205 e. The average Bonchev–Trinajstić information content (AvgIpc) is 3.32. The molecule has 2 unspecified atom stereocenters. The molecule has 0 aromatic heterocycles. The highest BCUT2D eigenvalue weighted by atomic mass is 16.5. The largest absolute Gasteiger partial charge is 0.494 e. The van der Waals surface area contributed by atoms with Crippen LogP contribution in [0.2, 0.25) is 0 Å². The van der Waals surface area contributed by atoms with E-state index >= 15 is 0 Å². The Kier molecular flexibility index (Phi) is 6.80. The molecule has 5 heteroatoms. The van der Waals surface area contributed by atoms with Gasteiger partial charge in [-0.3, -0.25) is 9.59 Å². The number of Topliss-reactive ketones (excluding diaryl/α,β-unsaturated/α-hetero) is 2. The van der Waals surface area contributed by atoms with Gasteiger partial charge in [0.1, 0.15) is 17.5 Å². The summed E-state index contributed by atoms with van der Waals surface area (Å²) in [6.45, 7) is 2.57. The number of hydrogen-bond donors (Lipinski definition) is 0. The summed E-state index contributed by atoms with van der Waals surface area (Å²) in [7, 11) is 0. The minimum atomic E-state index is -0.793. The topological polar surface area (TPSA) is 55.8 Å². The van der Waals surface area contributed by atoms with Crippen LogP contribution in [0.1, 0.15) is 39.2 Å². The van der Waals surface area contributed by atoms with Crippen molar-refractivity contribution in [2.45, 2.75) is 19.1 Å². The van der Waals surface area contributed by atoms with E-state index in [2.05, 4.69) is 0 Å². The Balaban J connectivity index is 1.53. The van der Waals surface area contributed by atoms with Crippen molar-refractivity contribution in [3.8, 4) is 11.5 Å². The van der Waals surface area contributed by atoms with Crippen LogP contribution >= 0.6 is 0 Å². The van der Waals surface area contributed by atoms with Crippen molar-refractivity contribution < 1.29 is 19.1 Å². The highest BCUT2D eigenvalue weighted by molar-refractivity contribution is 6.02. The number of carbonyl (C=O) groups is 2. The summed E-state index contributed by atoms with van der Waals surface area (Å²) in [4.78, 5) is 29.2. The Morgan fingerprint density at radius 3 is 2.11 bits per heavy atom. The van der Waals surface area contributed by atoms with E-state index in [9.17, 15) is 9.59 Å². The van der Waals surface area contributed by atoms with E-state index in [1.54, 1.807) is 36.4 Å². The van der Waals surface area contributed by atoms with Gasteiger partial charge in [-0.05, 0) is 49.4 Å². The quantitative estimate of drug-likeness (QED) is 0.270. The number of para-hydroxylation sites is 2. The zero-order valence-corrected chi connectivity index (χ0v) is 20.0. The molecule has 2 atom stereocenters. The zero-order chi connectivity index (χ0) is 24.9. The van der Waals surface area contributed by atoms with Crippen LogP contribution in [0.4, 0.5) is 5.69 Å². The molecule has 0 fully saturated rings. The first-order chi connectivity index (χ1) is 17.7. The van der Waals surface area contributed by atoms with Gasteiger partial charge in [-0.15, -0.1) is 0 Å². The van der Waals surface area contributed by atoms with Gasteiger partial charge in [0.25, 0.3) is 0 Å². The molecule has 1 heterocycles.